The molecular formula is C3H2Cl2F4. The van der Waals surface area contributed by atoms with Gasteiger partial charge >= 0.3 is 5.38 Å². The number of rotatable bonds is 2. The molecule has 0 aliphatic carbocycles. The van der Waals surface area contributed by atoms with Crippen LogP contribution in [0.3, 0.4) is 0 Å². The lowest BCUT2D eigenvalue weighted by Gasteiger charge is -2.12. The van der Waals surface area contributed by atoms with E-state index in [9.17, 15) is 17.6 Å². The molecule has 0 N–H and O–H groups in total. The number of alkyl halides is 6. The van der Waals surface area contributed by atoms with Crippen molar-refractivity contribution >= 4 is 23.2 Å². The van der Waals surface area contributed by atoms with Gasteiger partial charge in [0.2, 0.25) is 11.8 Å². The van der Waals surface area contributed by atoms with Crippen LogP contribution < -0.4 is 0 Å². The van der Waals surface area contributed by atoms with Crippen molar-refractivity contribution in [3.05, 3.63) is 0 Å². The molecule has 0 nitrogen and oxygen atoms in total. The highest BCUT2D eigenvalue weighted by Crippen LogP contribution is 2.30. The summed E-state index contributed by atoms with van der Waals surface area (Å²) in [6, 6.07) is 0. The maximum atomic E-state index is 11.6. The Hall–Kier alpha value is 0.300. The molecule has 0 saturated carbocycles. The fourth-order valence-corrected chi connectivity index (χ4v) is 0.476. The minimum absolute atomic E-state index is 2.77. The van der Waals surface area contributed by atoms with Gasteiger partial charge in [0.1, 0.15) is 0 Å². The van der Waals surface area contributed by atoms with E-state index >= 15 is 0 Å². The largest absolute Gasteiger partial charge is 0.356 e. The van der Waals surface area contributed by atoms with E-state index in [1.165, 1.54) is 0 Å². The van der Waals surface area contributed by atoms with Gasteiger partial charge in [-0.2, -0.15) is 8.78 Å². The molecule has 0 heterocycles. The van der Waals surface area contributed by atoms with Crippen molar-refractivity contribution in [2.45, 2.75) is 17.2 Å². The molecule has 6 heteroatoms. The van der Waals surface area contributed by atoms with Gasteiger partial charge < -0.3 is 0 Å². The smallest absolute Gasteiger partial charge is 0.235 e. The molecular weight excluding hydrogens is 183 g/mol. The second kappa shape index (κ2) is 2.92. The van der Waals surface area contributed by atoms with Crippen LogP contribution in [0.4, 0.5) is 17.6 Å². The Kier molecular flexibility index (Phi) is 3.02. The van der Waals surface area contributed by atoms with Crippen LogP contribution in [0.15, 0.2) is 0 Å². The maximum Gasteiger partial charge on any atom is 0.356 e. The van der Waals surface area contributed by atoms with Gasteiger partial charge in [-0.15, -0.1) is 0 Å². The summed E-state index contributed by atoms with van der Waals surface area (Å²) in [6.45, 7) is 0. The molecule has 0 aromatic rings. The first-order valence-corrected chi connectivity index (χ1v) is 2.66. The fraction of sp³-hybridized carbons (Fsp3) is 1.00. The molecule has 0 fully saturated rings. The first-order chi connectivity index (χ1) is 3.85. The summed E-state index contributed by atoms with van der Waals surface area (Å²) in [5.41, 5.74) is -2.77. The second-order valence-corrected chi connectivity index (χ2v) is 2.20. The molecule has 0 aliphatic rings. The lowest BCUT2D eigenvalue weighted by molar-refractivity contribution is -0.0133. The molecule has 9 heavy (non-hydrogen) atoms. The van der Waals surface area contributed by atoms with Gasteiger partial charge in [0.15, 0.2) is 0 Å². The van der Waals surface area contributed by atoms with E-state index in [4.69, 9.17) is 0 Å². The average molecular weight is 185 g/mol. The first-order valence-electron chi connectivity index (χ1n) is 1.84. The summed E-state index contributed by atoms with van der Waals surface area (Å²) >= 11 is 8.35. The van der Waals surface area contributed by atoms with E-state index in [2.05, 4.69) is 23.2 Å². The molecule has 2 atom stereocenters. The molecule has 0 saturated heterocycles. The van der Waals surface area contributed by atoms with E-state index < -0.39 is 17.2 Å². The van der Waals surface area contributed by atoms with Crippen LogP contribution in [0.25, 0.3) is 0 Å². The third-order valence-electron chi connectivity index (χ3n) is 0.534. The minimum Gasteiger partial charge on any atom is -0.235 e. The predicted molar refractivity (Wildman–Crippen MR) is 26.4 cm³/mol. The van der Waals surface area contributed by atoms with Gasteiger partial charge in [-0.25, -0.2) is 8.78 Å². The summed E-state index contributed by atoms with van der Waals surface area (Å²) in [6.07, 6.45) is -3.15. The highest BCUT2D eigenvalue weighted by molar-refractivity contribution is 6.24. The van der Waals surface area contributed by atoms with Crippen LogP contribution >= 0.6 is 23.2 Å². The van der Waals surface area contributed by atoms with Crippen molar-refractivity contribution < 1.29 is 17.6 Å². The van der Waals surface area contributed by atoms with Crippen LogP contribution in [0.1, 0.15) is 0 Å². The topological polar surface area (TPSA) is 0 Å². The second-order valence-electron chi connectivity index (χ2n) is 1.28. The number of hydrogen-bond acceptors (Lipinski definition) is 0. The van der Waals surface area contributed by atoms with Crippen LogP contribution in [0.5, 0.6) is 0 Å². The minimum atomic E-state index is -4.22. The lowest BCUT2D eigenvalue weighted by atomic mass is 10.4. The van der Waals surface area contributed by atoms with Gasteiger partial charge in [-0.3, -0.25) is 0 Å². The Labute approximate surface area is 58.7 Å². The number of halogens is 6. The van der Waals surface area contributed by atoms with E-state index in [0.29, 0.717) is 0 Å². The van der Waals surface area contributed by atoms with Crippen LogP contribution in [-0.2, 0) is 0 Å². The van der Waals surface area contributed by atoms with E-state index in [0.717, 1.165) is 0 Å². The molecule has 0 spiro atoms. The van der Waals surface area contributed by atoms with Crippen molar-refractivity contribution in [2.75, 3.05) is 0 Å². The molecule has 0 bridgehead atoms. The molecule has 0 amide bonds. The monoisotopic (exact) mass is 184 g/mol. The molecule has 0 rings (SSSR count). The highest BCUT2D eigenvalue weighted by atomic mass is 35.5. The van der Waals surface area contributed by atoms with E-state index in [-0.39, 0.29) is 0 Å². The van der Waals surface area contributed by atoms with Crippen molar-refractivity contribution in [2.24, 2.45) is 0 Å². The van der Waals surface area contributed by atoms with Gasteiger partial charge in [-0.1, -0.05) is 11.6 Å². The Balaban J connectivity index is 3.88. The standard InChI is InChI=1S/C3H2Cl2F4/c4-2(7)1(6)3(5,8)9/h1-2H/t1-,2-/m1/s1. The normalized spacial score (nSPS) is 19.3. The van der Waals surface area contributed by atoms with Crippen molar-refractivity contribution in [3.8, 4) is 0 Å². The van der Waals surface area contributed by atoms with E-state index in [1.807, 2.05) is 0 Å². The third-order valence-corrected chi connectivity index (χ3v) is 0.964. The third kappa shape index (κ3) is 3.11. The summed E-state index contributed by atoms with van der Waals surface area (Å²) < 4.78 is 45.9. The molecule has 0 aromatic carbocycles. The SMILES string of the molecule is F[C@H]([C@@H](F)Cl)C(F)(F)Cl. The number of hydrogen-bond donors (Lipinski definition) is 0. The van der Waals surface area contributed by atoms with Gasteiger partial charge in [0.25, 0.3) is 0 Å². The average Bonchev–Trinajstić information content (AvgIpc) is 1.62. The van der Waals surface area contributed by atoms with Gasteiger partial charge in [0.05, 0.1) is 0 Å². The van der Waals surface area contributed by atoms with Gasteiger partial charge in [-0.05, 0) is 11.6 Å². The maximum absolute atomic E-state index is 11.6. The van der Waals surface area contributed by atoms with Crippen LogP contribution in [0.2, 0.25) is 0 Å². The zero-order valence-electron chi connectivity index (χ0n) is 3.92. The Morgan fingerprint density at radius 3 is 1.56 bits per heavy atom. The molecule has 0 radical (unpaired) electrons. The Bertz CT molecular complexity index is 88.3. The Morgan fingerprint density at radius 1 is 1.22 bits per heavy atom. The quantitative estimate of drug-likeness (QED) is 0.458. The summed E-state index contributed by atoms with van der Waals surface area (Å²) in [4.78, 5) is 0. The highest BCUT2D eigenvalue weighted by Gasteiger charge is 2.42. The van der Waals surface area contributed by atoms with Crippen LogP contribution in [-0.4, -0.2) is 17.2 Å². The fourth-order valence-electron chi connectivity index (χ4n) is 0.143. The van der Waals surface area contributed by atoms with Gasteiger partial charge in [0, 0.05) is 0 Å². The summed E-state index contributed by atoms with van der Waals surface area (Å²) in [5, 5.41) is -4.22. The zero-order valence-corrected chi connectivity index (χ0v) is 5.43. The van der Waals surface area contributed by atoms with Crippen molar-refractivity contribution in [3.63, 3.8) is 0 Å². The molecule has 0 aliphatic heterocycles. The van der Waals surface area contributed by atoms with Crippen molar-refractivity contribution in [1.82, 2.24) is 0 Å². The molecule has 56 valence electrons. The summed E-state index contributed by atoms with van der Waals surface area (Å²) in [5.74, 6) is 0. The summed E-state index contributed by atoms with van der Waals surface area (Å²) in [7, 11) is 0. The molecule has 0 unspecified atom stereocenters. The van der Waals surface area contributed by atoms with E-state index in [1.54, 1.807) is 0 Å². The first kappa shape index (κ1) is 9.30. The molecule has 0 aromatic heterocycles. The van der Waals surface area contributed by atoms with Crippen molar-refractivity contribution in [1.29, 1.82) is 0 Å². The zero-order chi connectivity index (χ0) is 7.65. The lowest BCUT2D eigenvalue weighted by Crippen LogP contribution is -2.29. The predicted octanol–water partition coefficient (Wildman–Crippen LogP) is 2.69. The van der Waals surface area contributed by atoms with Crippen LogP contribution in [0, 0.1) is 0 Å². The Morgan fingerprint density at radius 2 is 1.56 bits per heavy atom.